The standard InChI is InChI=1S/C21H24F3N5O2/c22-15-1-2-28(9-15)19-5-12(14-7-29(8-14)16-10-30-11-16)3-17(27-19)13-4-18(31-21(23)24)20(25)26-6-13/h3-6,14-16,21H,1-2,7-11H2,(H2,25,26)/t15-/m0/s1. The minimum absolute atomic E-state index is 0.113. The molecule has 3 aliphatic rings. The lowest BCUT2D eigenvalue weighted by Gasteiger charge is -2.47. The lowest BCUT2D eigenvalue weighted by molar-refractivity contribution is -0.0906. The number of nitrogens with zero attached hydrogens (tertiary/aromatic N) is 4. The zero-order valence-electron chi connectivity index (χ0n) is 16.9. The highest BCUT2D eigenvalue weighted by molar-refractivity contribution is 5.67. The van der Waals surface area contributed by atoms with Gasteiger partial charge in [0.1, 0.15) is 12.0 Å². The Morgan fingerprint density at radius 1 is 1.16 bits per heavy atom. The summed E-state index contributed by atoms with van der Waals surface area (Å²) in [6.45, 7) is 1.27. The molecule has 0 aliphatic carbocycles. The molecule has 0 amide bonds. The van der Waals surface area contributed by atoms with Crippen molar-refractivity contribution in [3.05, 3.63) is 30.0 Å². The maximum absolute atomic E-state index is 13.8. The van der Waals surface area contributed by atoms with Crippen molar-refractivity contribution in [2.75, 3.05) is 50.0 Å². The van der Waals surface area contributed by atoms with Crippen molar-refractivity contribution in [1.82, 2.24) is 14.9 Å². The molecule has 3 fully saturated rings. The molecule has 3 saturated heterocycles. The molecule has 166 valence electrons. The first kappa shape index (κ1) is 20.3. The average molecular weight is 435 g/mol. The molecule has 7 nitrogen and oxygen atoms in total. The number of halogens is 3. The van der Waals surface area contributed by atoms with E-state index in [0.717, 1.165) is 31.9 Å². The summed E-state index contributed by atoms with van der Waals surface area (Å²) in [6.07, 6.45) is 1.08. The molecule has 0 bridgehead atoms. The van der Waals surface area contributed by atoms with Crippen LogP contribution in [0, 0.1) is 0 Å². The Hall–Kier alpha value is -2.59. The lowest BCUT2D eigenvalue weighted by atomic mass is 9.89. The summed E-state index contributed by atoms with van der Waals surface area (Å²) < 4.78 is 49.0. The van der Waals surface area contributed by atoms with Gasteiger partial charge >= 0.3 is 6.61 Å². The van der Waals surface area contributed by atoms with E-state index in [1.807, 2.05) is 17.0 Å². The van der Waals surface area contributed by atoms with Gasteiger partial charge in [0.2, 0.25) is 0 Å². The van der Waals surface area contributed by atoms with E-state index in [1.54, 1.807) is 0 Å². The number of nitrogens with two attached hydrogens (primary N) is 1. The van der Waals surface area contributed by atoms with Gasteiger partial charge in [-0.1, -0.05) is 0 Å². The minimum atomic E-state index is -3.00. The summed E-state index contributed by atoms with van der Waals surface area (Å²) in [7, 11) is 0. The van der Waals surface area contributed by atoms with Crippen LogP contribution in [0.25, 0.3) is 11.3 Å². The van der Waals surface area contributed by atoms with Crippen LogP contribution in [-0.4, -0.2) is 73.1 Å². The molecule has 2 N–H and O–H groups in total. The van der Waals surface area contributed by atoms with Crippen LogP contribution in [0.5, 0.6) is 5.75 Å². The van der Waals surface area contributed by atoms with E-state index >= 15 is 0 Å². The first-order chi connectivity index (χ1) is 15.0. The zero-order valence-corrected chi connectivity index (χ0v) is 16.9. The molecule has 2 aromatic rings. The number of hydrogen-bond acceptors (Lipinski definition) is 7. The van der Waals surface area contributed by atoms with E-state index in [0.29, 0.717) is 48.5 Å². The Morgan fingerprint density at radius 3 is 2.61 bits per heavy atom. The highest BCUT2D eigenvalue weighted by atomic mass is 19.3. The van der Waals surface area contributed by atoms with E-state index in [4.69, 9.17) is 15.5 Å². The molecule has 5 rings (SSSR count). The molecule has 5 heterocycles. The molecular formula is C21H24F3N5O2. The number of ether oxygens (including phenoxy) is 2. The number of alkyl halides is 3. The van der Waals surface area contributed by atoms with Gasteiger partial charge in [0.15, 0.2) is 11.6 Å². The number of nitrogen functional groups attached to an aromatic ring is 1. The predicted molar refractivity (Wildman–Crippen MR) is 109 cm³/mol. The highest BCUT2D eigenvalue weighted by Crippen LogP contribution is 2.36. The van der Waals surface area contributed by atoms with Crippen molar-refractivity contribution in [3.8, 4) is 17.0 Å². The SMILES string of the molecule is Nc1ncc(-c2cc(C3CN(C4COC4)C3)cc(N3CC[C@H](F)C3)n2)cc1OC(F)F. The summed E-state index contributed by atoms with van der Waals surface area (Å²) in [6, 6.07) is 5.87. The summed E-state index contributed by atoms with van der Waals surface area (Å²) in [5, 5.41) is 0. The first-order valence-electron chi connectivity index (χ1n) is 10.4. The van der Waals surface area contributed by atoms with Crippen molar-refractivity contribution in [2.45, 2.75) is 31.2 Å². The maximum Gasteiger partial charge on any atom is 0.387 e. The third-order valence-electron chi connectivity index (χ3n) is 6.20. The van der Waals surface area contributed by atoms with Crippen molar-refractivity contribution in [1.29, 1.82) is 0 Å². The summed E-state index contributed by atoms with van der Waals surface area (Å²) >= 11 is 0. The van der Waals surface area contributed by atoms with Gasteiger partial charge in [0, 0.05) is 37.3 Å². The first-order valence-corrected chi connectivity index (χ1v) is 10.4. The third kappa shape index (κ3) is 4.14. The zero-order chi connectivity index (χ0) is 21.5. The molecule has 0 saturated carbocycles. The molecule has 10 heteroatoms. The second-order valence-electron chi connectivity index (χ2n) is 8.30. The van der Waals surface area contributed by atoms with Crippen LogP contribution in [0.2, 0.25) is 0 Å². The number of aromatic nitrogens is 2. The summed E-state index contributed by atoms with van der Waals surface area (Å²) in [4.78, 5) is 13.0. The Balaban J connectivity index is 1.46. The Bertz CT molecular complexity index is 953. The lowest BCUT2D eigenvalue weighted by Crippen LogP contribution is -2.58. The molecule has 0 unspecified atom stereocenters. The highest BCUT2D eigenvalue weighted by Gasteiger charge is 2.37. The van der Waals surface area contributed by atoms with Gasteiger partial charge in [-0.25, -0.2) is 14.4 Å². The number of rotatable bonds is 6. The van der Waals surface area contributed by atoms with Crippen molar-refractivity contribution < 1.29 is 22.6 Å². The topological polar surface area (TPSA) is 76.7 Å². The maximum atomic E-state index is 13.8. The monoisotopic (exact) mass is 435 g/mol. The Kier molecular flexibility index (Phi) is 5.35. The van der Waals surface area contributed by atoms with E-state index in [2.05, 4.69) is 14.6 Å². The molecule has 3 aliphatic heterocycles. The van der Waals surface area contributed by atoms with Gasteiger partial charge in [-0.15, -0.1) is 0 Å². The molecular weight excluding hydrogens is 411 g/mol. The minimum Gasteiger partial charge on any atom is -0.431 e. The number of pyridine rings is 2. The molecule has 0 radical (unpaired) electrons. The smallest absolute Gasteiger partial charge is 0.387 e. The van der Waals surface area contributed by atoms with Crippen LogP contribution >= 0.6 is 0 Å². The van der Waals surface area contributed by atoms with Gasteiger partial charge in [-0.2, -0.15) is 8.78 Å². The predicted octanol–water partition coefficient (Wildman–Crippen LogP) is 2.67. The van der Waals surface area contributed by atoms with Crippen LogP contribution in [0.15, 0.2) is 24.4 Å². The van der Waals surface area contributed by atoms with Crippen LogP contribution in [0.3, 0.4) is 0 Å². The van der Waals surface area contributed by atoms with Crippen LogP contribution in [0.1, 0.15) is 17.9 Å². The van der Waals surface area contributed by atoms with Gasteiger partial charge < -0.3 is 20.1 Å². The molecule has 2 aromatic heterocycles. The van der Waals surface area contributed by atoms with Gasteiger partial charge in [-0.3, -0.25) is 4.90 Å². The van der Waals surface area contributed by atoms with E-state index in [9.17, 15) is 13.2 Å². The van der Waals surface area contributed by atoms with Crippen LogP contribution < -0.4 is 15.4 Å². The second-order valence-corrected chi connectivity index (χ2v) is 8.30. The second kappa shape index (κ2) is 8.16. The number of anilines is 2. The van der Waals surface area contributed by atoms with Crippen LogP contribution in [-0.2, 0) is 4.74 Å². The summed E-state index contributed by atoms with van der Waals surface area (Å²) in [5.41, 5.74) is 7.86. The Labute approximate surface area is 178 Å². The average Bonchev–Trinajstić information content (AvgIpc) is 3.10. The number of hydrogen-bond donors (Lipinski definition) is 1. The van der Waals surface area contributed by atoms with Gasteiger partial charge in [0.25, 0.3) is 0 Å². The fourth-order valence-corrected chi connectivity index (χ4v) is 4.25. The van der Waals surface area contributed by atoms with E-state index in [1.165, 1.54) is 12.3 Å². The molecule has 0 aromatic carbocycles. The fourth-order valence-electron chi connectivity index (χ4n) is 4.25. The quantitative estimate of drug-likeness (QED) is 0.748. The van der Waals surface area contributed by atoms with Gasteiger partial charge in [0.05, 0.1) is 31.5 Å². The van der Waals surface area contributed by atoms with Crippen molar-refractivity contribution in [3.63, 3.8) is 0 Å². The van der Waals surface area contributed by atoms with Crippen LogP contribution in [0.4, 0.5) is 24.8 Å². The largest absolute Gasteiger partial charge is 0.431 e. The third-order valence-corrected chi connectivity index (χ3v) is 6.20. The van der Waals surface area contributed by atoms with Crippen molar-refractivity contribution >= 4 is 11.6 Å². The summed E-state index contributed by atoms with van der Waals surface area (Å²) in [5.74, 6) is 0.707. The van der Waals surface area contributed by atoms with Gasteiger partial charge in [-0.05, 0) is 30.2 Å². The molecule has 1 atom stereocenters. The van der Waals surface area contributed by atoms with E-state index in [-0.39, 0.29) is 11.6 Å². The number of likely N-dealkylation sites (tertiary alicyclic amines) is 1. The molecule has 31 heavy (non-hydrogen) atoms. The van der Waals surface area contributed by atoms with E-state index < -0.39 is 12.8 Å². The fraction of sp³-hybridized carbons (Fsp3) is 0.524. The van der Waals surface area contributed by atoms with Crippen molar-refractivity contribution in [2.24, 2.45) is 0 Å². The Morgan fingerprint density at radius 2 is 1.97 bits per heavy atom. The normalized spacial score (nSPS) is 22.6. The molecule has 0 spiro atoms.